The van der Waals surface area contributed by atoms with Crippen LogP contribution in [0.25, 0.3) is 0 Å². The van der Waals surface area contributed by atoms with Gasteiger partial charge in [0.05, 0.1) is 11.4 Å². The van der Waals surface area contributed by atoms with E-state index in [1.165, 1.54) is 28.6 Å². The molecular weight excluding hydrogens is 393 g/mol. The first-order valence-corrected chi connectivity index (χ1v) is 11.0. The van der Waals surface area contributed by atoms with Crippen molar-refractivity contribution < 1.29 is 17.6 Å². The molecule has 0 aromatic heterocycles. The summed E-state index contributed by atoms with van der Waals surface area (Å²) < 4.78 is 39.3. The molecule has 0 aliphatic heterocycles. The van der Waals surface area contributed by atoms with Crippen LogP contribution in [0.1, 0.15) is 25.3 Å². The summed E-state index contributed by atoms with van der Waals surface area (Å²) >= 11 is 0. The minimum absolute atomic E-state index is 0.150. The van der Waals surface area contributed by atoms with Gasteiger partial charge in [-0.05, 0) is 55.4 Å². The van der Waals surface area contributed by atoms with Crippen molar-refractivity contribution >= 4 is 21.6 Å². The number of sulfonamides is 1. The lowest BCUT2D eigenvalue weighted by Crippen LogP contribution is -2.30. The SMILES string of the molecule is CCCCN(C)S(=O)(=O)c1ccc(NC(=O)CN(C)Cc2ccc(F)cc2)cc1. The van der Waals surface area contributed by atoms with Crippen molar-refractivity contribution in [1.82, 2.24) is 9.21 Å². The Morgan fingerprint density at radius 1 is 1.03 bits per heavy atom. The fraction of sp³-hybridized carbons (Fsp3) is 0.381. The smallest absolute Gasteiger partial charge is 0.242 e. The lowest BCUT2D eigenvalue weighted by Gasteiger charge is -2.18. The molecule has 1 N–H and O–H groups in total. The fourth-order valence-corrected chi connectivity index (χ4v) is 4.00. The van der Waals surface area contributed by atoms with Crippen LogP contribution in [-0.4, -0.2) is 50.7 Å². The van der Waals surface area contributed by atoms with E-state index in [-0.39, 0.29) is 23.2 Å². The number of likely N-dealkylation sites (N-methyl/N-ethyl adjacent to an activating group) is 1. The Balaban J connectivity index is 1.91. The topological polar surface area (TPSA) is 69.7 Å². The van der Waals surface area contributed by atoms with Gasteiger partial charge in [0, 0.05) is 25.8 Å². The van der Waals surface area contributed by atoms with E-state index in [1.807, 2.05) is 11.8 Å². The quantitative estimate of drug-likeness (QED) is 0.639. The molecule has 2 rings (SSSR count). The molecule has 0 atom stereocenters. The molecule has 0 unspecified atom stereocenters. The minimum Gasteiger partial charge on any atom is -0.325 e. The molecule has 0 aliphatic carbocycles. The first-order valence-electron chi connectivity index (χ1n) is 9.51. The number of anilines is 1. The molecule has 8 heteroatoms. The van der Waals surface area contributed by atoms with Crippen LogP contribution in [0.2, 0.25) is 0 Å². The van der Waals surface area contributed by atoms with Crippen LogP contribution in [-0.2, 0) is 21.4 Å². The summed E-state index contributed by atoms with van der Waals surface area (Å²) in [4.78, 5) is 14.2. The van der Waals surface area contributed by atoms with Crippen molar-refractivity contribution in [2.24, 2.45) is 0 Å². The maximum absolute atomic E-state index is 13.0. The molecule has 2 aromatic rings. The van der Waals surface area contributed by atoms with E-state index in [9.17, 15) is 17.6 Å². The van der Waals surface area contributed by atoms with E-state index in [0.29, 0.717) is 18.8 Å². The summed E-state index contributed by atoms with van der Waals surface area (Å²) in [5.41, 5.74) is 1.43. The van der Waals surface area contributed by atoms with E-state index in [4.69, 9.17) is 0 Å². The molecule has 0 fully saturated rings. The molecule has 29 heavy (non-hydrogen) atoms. The Kier molecular flexibility index (Phi) is 8.31. The molecule has 0 heterocycles. The predicted octanol–water partition coefficient (Wildman–Crippen LogP) is 3.32. The lowest BCUT2D eigenvalue weighted by atomic mass is 10.2. The second-order valence-electron chi connectivity index (χ2n) is 7.05. The van der Waals surface area contributed by atoms with Crippen molar-refractivity contribution in [3.05, 3.63) is 59.9 Å². The largest absolute Gasteiger partial charge is 0.325 e. The average Bonchev–Trinajstić information content (AvgIpc) is 2.68. The number of carbonyl (C=O) groups is 1. The number of hydrogen-bond acceptors (Lipinski definition) is 4. The molecule has 2 aromatic carbocycles. The Labute approximate surface area is 172 Å². The number of benzene rings is 2. The molecule has 6 nitrogen and oxygen atoms in total. The standard InChI is InChI=1S/C21H28FN3O3S/c1-4-5-14-25(3)29(27,28)20-12-10-19(11-13-20)23-21(26)16-24(2)15-17-6-8-18(22)9-7-17/h6-13H,4-5,14-16H2,1-3H3,(H,23,26). The molecule has 0 bridgehead atoms. The van der Waals surface area contributed by atoms with Gasteiger partial charge in [0.25, 0.3) is 0 Å². The first-order chi connectivity index (χ1) is 13.7. The number of nitrogens with one attached hydrogen (secondary N) is 1. The Bertz CT molecular complexity index is 900. The number of nitrogens with zero attached hydrogens (tertiary/aromatic N) is 2. The maximum Gasteiger partial charge on any atom is 0.242 e. The Hall–Kier alpha value is -2.29. The normalized spacial score (nSPS) is 11.8. The Morgan fingerprint density at radius 2 is 1.66 bits per heavy atom. The van der Waals surface area contributed by atoms with E-state index in [0.717, 1.165) is 18.4 Å². The number of rotatable bonds is 10. The number of halogens is 1. The van der Waals surface area contributed by atoms with Crippen LogP contribution < -0.4 is 5.32 Å². The van der Waals surface area contributed by atoms with E-state index in [2.05, 4.69) is 5.32 Å². The van der Waals surface area contributed by atoms with Crippen LogP contribution in [0, 0.1) is 5.82 Å². The summed E-state index contributed by atoms with van der Waals surface area (Å²) in [6, 6.07) is 12.3. The zero-order valence-corrected chi connectivity index (χ0v) is 17.9. The highest BCUT2D eigenvalue weighted by Crippen LogP contribution is 2.18. The maximum atomic E-state index is 13.0. The zero-order chi connectivity index (χ0) is 21.4. The molecule has 0 spiro atoms. The van der Waals surface area contributed by atoms with Crippen LogP contribution >= 0.6 is 0 Å². The summed E-state index contributed by atoms with van der Waals surface area (Å²) in [5, 5.41) is 2.76. The molecule has 158 valence electrons. The molecule has 0 aliphatic rings. The third kappa shape index (κ3) is 6.92. The fourth-order valence-electron chi connectivity index (χ4n) is 2.79. The number of hydrogen-bond donors (Lipinski definition) is 1. The van der Waals surface area contributed by atoms with Gasteiger partial charge < -0.3 is 5.32 Å². The van der Waals surface area contributed by atoms with Crippen LogP contribution in [0.3, 0.4) is 0 Å². The van der Waals surface area contributed by atoms with Crippen LogP contribution in [0.4, 0.5) is 10.1 Å². The lowest BCUT2D eigenvalue weighted by molar-refractivity contribution is -0.117. The summed E-state index contributed by atoms with van der Waals surface area (Å²) in [7, 11) is -0.164. The van der Waals surface area contributed by atoms with Gasteiger partial charge in [-0.15, -0.1) is 0 Å². The van der Waals surface area contributed by atoms with Crippen LogP contribution in [0.15, 0.2) is 53.4 Å². The molecule has 1 amide bonds. The third-order valence-electron chi connectivity index (χ3n) is 4.45. The van der Waals surface area contributed by atoms with Gasteiger partial charge in [-0.3, -0.25) is 9.69 Å². The monoisotopic (exact) mass is 421 g/mol. The second kappa shape index (κ2) is 10.5. The second-order valence-corrected chi connectivity index (χ2v) is 9.10. The van der Waals surface area contributed by atoms with Crippen molar-refractivity contribution in [1.29, 1.82) is 0 Å². The van der Waals surface area contributed by atoms with E-state index < -0.39 is 10.0 Å². The molecular formula is C21H28FN3O3S. The molecule has 0 saturated heterocycles. The third-order valence-corrected chi connectivity index (χ3v) is 6.32. The summed E-state index contributed by atoms with van der Waals surface area (Å²) in [5.74, 6) is -0.513. The van der Waals surface area contributed by atoms with Gasteiger partial charge in [0.15, 0.2) is 0 Å². The van der Waals surface area contributed by atoms with Crippen LogP contribution in [0.5, 0.6) is 0 Å². The van der Waals surface area contributed by atoms with Gasteiger partial charge in [-0.2, -0.15) is 0 Å². The molecule has 0 radical (unpaired) electrons. The van der Waals surface area contributed by atoms with Gasteiger partial charge in [-0.25, -0.2) is 17.1 Å². The van der Waals surface area contributed by atoms with E-state index >= 15 is 0 Å². The van der Waals surface area contributed by atoms with Gasteiger partial charge in [-0.1, -0.05) is 25.5 Å². The number of unbranched alkanes of at least 4 members (excludes halogenated alkanes) is 1. The minimum atomic E-state index is -3.53. The summed E-state index contributed by atoms with van der Waals surface area (Å²) in [6.07, 6.45) is 1.72. The van der Waals surface area contributed by atoms with Crippen molar-refractivity contribution in [3.63, 3.8) is 0 Å². The number of carbonyl (C=O) groups excluding carboxylic acids is 1. The Morgan fingerprint density at radius 3 is 2.24 bits per heavy atom. The van der Waals surface area contributed by atoms with Crippen molar-refractivity contribution in [2.75, 3.05) is 32.5 Å². The van der Waals surface area contributed by atoms with Gasteiger partial charge >= 0.3 is 0 Å². The average molecular weight is 422 g/mol. The highest BCUT2D eigenvalue weighted by molar-refractivity contribution is 7.89. The number of amides is 1. The predicted molar refractivity (Wildman–Crippen MR) is 113 cm³/mol. The first kappa shape index (κ1) is 23.0. The van der Waals surface area contributed by atoms with Crippen molar-refractivity contribution in [3.8, 4) is 0 Å². The van der Waals surface area contributed by atoms with Gasteiger partial charge in [0.1, 0.15) is 5.82 Å². The van der Waals surface area contributed by atoms with E-state index in [1.54, 1.807) is 38.4 Å². The highest BCUT2D eigenvalue weighted by Gasteiger charge is 2.20. The zero-order valence-electron chi connectivity index (χ0n) is 17.1. The molecule has 0 saturated carbocycles. The summed E-state index contributed by atoms with van der Waals surface area (Å²) in [6.45, 7) is 3.14. The highest BCUT2D eigenvalue weighted by atomic mass is 32.2. The van der Waals surface area contributed by atoms with Gasteiger partial charge in [0.2, 0.25) is 15.9 Å². The van der Waals surface area contributed by atoms with Crippen molar-refractivity contribution in [2.45, 2.75) is 31.2 Å².